The first-order valence-corrected chi connectivity index (χ1v) is 6.77. The third-order valence-corrected chi connectivity index (χ3v) is 3.66. The van der Waals surface area contributed by atoms with Gasteiger partial charge in [0.15, 0.2) is 5.75 Å². The summed E-state index contributed by atoms with van der Waals surface area (Å²) in [5.74, 6) is 0.964. The fourth-order valence-corrected chi connectivity index (χ4v) is 2.64. The summed E-state index contributed by atoms with van der Waals surface area (Å²) < 4.78 is 7.13. The van der Waals surface area contributed by atoms with Crippen molar-refractivity contribution in [2.45, 2.75) is 45.3 Å². The summed E-state index contributed by atoms with van der Waals surface area (Å²) >= 11 is 3.54. The standard InChI is InChI=1S/C13H18BrNO/c1-3-6-12-10(4-2)15-11-8-5-7-9(14)13(11)16-12/h5,7-8,10,12,15H,3-4,6H2,1-2H3. The van der Waals surface area contributed by atoms with Crippen LogP contribution in [0.3, 0.4) is 0 Å². The largest absolute Gasteiger partial charge is 0.485 e. The maximum Gasteiger partial charge on any atom is 0.157 e. The SMILES string of the molecule is CCCC1Oc2c(Br)cccc2NC1CC. The second-order valence-electron chi connectivity index (χ2n) is 4.22. The molecule has 0 aliphatic carbocycles. The molecule has 0 spiro atoms. The summed E-state index contributed by atoms with van der Waals surface area (Å²) in [6, 6.07) is 6.56. The van der Waals surface area contributed by atoms with Crippen LogP contribution in [0.25, 0.3) is 0 Å². The van der Waals surface area contributed by atoms with E-state index in [4.69, 9.17) is 4.74 Å². The highest BCUT2D eigenvalue weighted by molar-refractivity contribution is 9.10. The van der Waals surface area contributed by atoms with Crippen molar-refractivity contribution >= 4 is 21.6 Å². The summed E-state index contributed by atoms with van der Waals surface area (Å²) in [6.07, 6.45) is 3.65. The zero-order valence-electron chi connectivity index (χ0n) is 9.79. The Bertz CT molecular complexity index is 367. The first kappa shape index (κ1) is 11.8. The Kier molecular flexibility index (Phi) is 3.74. The first-order chi connectivity index (χ1) is 7.76. The van der Waals surface area contributed by atoms with E-state index in [1.54, 1.807) is 0 Å². The molecule has 1 heterocycles. The maximum absolute atomic E-state index is 6.10. The van der Waals surface area contributed by atoms with Crippen LogP contribution in [-0.2, 0) is 0 Å². The molecule has 2 unspecified atom stereocenters. The monoisotopic (exact) mass is 283 g/mol. The molecule has 1 aromatic carbocycles. The third kappa shape index (κ3) is 2.19. The van der Waals surface area contributed by atoms with Crippen molar-refractivity contribution in [3.63, 3.8) is 0 Å². The number of hydrogen-bond donors (Lipinski definition) is 1. The fraction of sp³-hybridized carbons (Fsp3) is 0.538. The summed E-state index contributed by atoms with van der Waals surface area (Å²) in [5.41, 5.74) is 1.11. The Labute approximate surface area is 106 Å². The van der Waals surface area contributed by atoms with Crippen LogP contribution in [0.1, 0.15) is 33.1 Å². The summed E-state index contributed by atoms with van der Waals surface area (Å²) in [6.45, 7) is 4.40. The van der Waals surface area contributed by atoms with Gasteiger partial charge >= 0.3 is 0 Å². The number of hydrogen-bond acceptors (Lipinski definition) is 2. The third-order valence-electron chi connectivity index (χ3n) is 3.04. The molecule has 2 atom stereocenters. The minimum Gasteiger partial charge on any atom is -0.485 e. The second kappa shape index (κ2) is 5.09. The van der Waals surface area contributed by atoms with Crippen LogP contribution >= 0.6 is 15.9 Å². The number of halogens is 1. The predicted octanol–water partition coefficient (Wildman–Crippen LogP) is 4.20. The molecule has 88 valence electrons. The molecule has 0 saturated carbocycles. The van der Waals surface area contributed by atoms with Gasteiger partial charge in [-0.3, -0.25) is 0 Å². The summed E-state index contributed by atoms with van der Waals surface area (Å²) in [7, 11) is 0. The lowest BCUT2D eigenvalue weighted by Crippen LogP contribution is -2.41. The highest BCUT2D eigenvalue weighted by Gasteiger charge is 2.28. The van der Waals surface area contributed by atoms with Gasteiger partial charge in [0.2, 0.25) is 0 Å². The van der Waals surface area contributed by atoms with E-state index >= 15 is 0 Å². The predicted molar refractivity (Wildman–Crippen MR) is 71.2 cm³/mol. The Hall–Kier alpha value is -0.700. The molecule has 3 heteroatoms. The van der Waals surface area contributed by atoms with Crippen molar-refractivity contribution in [1.82, 2.24) is 0 Å². The Morgan fingerprint density at radius 2 is 2.19 bits per heavy atom. The second-order valence-corrected chi connectivity index (χ2v) is 5.07. The van der Waals surface area contributed by atoms with E-state index < -0.39 is 0 Å². The molecule has 0 bridgehead atoms. The van der Waals surface area contributed by atoms with Gasteiger partial charge in [0.25, 0.3) is 0 Å². The Morgan fingerprint density at radius 3 is 2.88 bits per heavy atom. The lowest BCUT2D eigenvalue weighted by Gasteiger charge is -2.35. The van der Waals surface area contributed by atoms with Gasteiger partial charge in [0.05, 0.1) is 16.2 Å². The van der Waals surface area contributed by atoms with E-state index in [-0.39, 0.29) is 0 Å². The summed E-state index contributed by atoms with van der Waals surface area (Å²) in [5, 5.41) is 3.57. The van der Waals surface area contributed by atoms with Crippen LogP contribution in [0.4, 0.5) is 5.69 Å². The van der Waals surface area contributed by atoms with Crippen molar-refractivity contribution in [1.29, 1.82) is 0 Å². The molecule has 2 rings (SSSR count). The Balaban J connectivity index is 2.27. The number of para-hydroxylation sites is 1. The molecule has 0 aromatic heterocycles. The average molecular weight is 284 g/mol. The van der Waals surface area contributed by atoms with Gasteiger partial charge in [0.1, 0.15) is 6.10 Å². The van der Waals surface area contributed by atoms with E-state index in [0.29, 0.717) is 12.1 Å². The average Bonchev–Trinajstić information content (AvgIpc) is 2.30. The zero-order valence-corrected chi connectivity index (χ0v) is 11.4. The lowest BCUT2D eigenvalue weighted by molar-refractivity contribution is 0.154. The fourth-order valence-electron chi connectivity index (χ4n) is 2.18. The number of nitrogens with one attached hydrogen (secondary N) is 1. The number of anilines is 1. The molecular weight excluding hydrogens is 266 g/mol. The van der Waals surface area contributed by atoms with Crippen LogP contribution in [0.2, 0.25) is 0 Å². The normalized spacial score (nSPS) is 23.2. The van der Waals surface area contributed by atoms with E-state index in [1.165, 1.54) is 0 Å². The van der Waals surface area contributed by atoms with Crippen molar-refractivity contribution in [3.05, 3.63) is 22.7 Å². The van der Waals surface area contributed by atoms with Gasteiger partial charge in [-0.1, -0.05) is 26.3 Å². The van der Waals surface area contributed by atoms with Gasteiger partial charge in [-0.05, 0) is 40.9 Å². The lowest BCUT2D eigenvalue weighted by atomic mass is 10.0. The molecule has 2 nitrogen and oxygen atoms in total. The molecule has 1 aliphatic heterocycles. The van der Waals surface area contributed by atoms with Crippen LogP contribution in [0.15, 0.2) is 22.7 Å². The van der Waals surface area contributed by atoms with Gasteiger partial charge in [-0.2, -0.15) is 0 Å². The molecule has 1 aliphatic rings. The number of ether oxygens (including phenoxy) is 1. The topological polar surface area (TPSA) is 21.3 Å². The molecule has 0 fully saturated rings. The first-order valence-electron chi connectivity index (χ1n) is 5.98. The van der Waals surface area contributed by atoms with Crippen molar-refractivity contribution in [2.24, 2.45) is 0 Å². The molecule has 1 N–H and O–H groups in total. The van der Waals surface area contributed by atoms with Crippen molar-refractivity contribution < 1.29 is 4.74 Å². The zero-order chi connectivity index (χ0) is 11.5. The van der Waals surface area contributed by atoms with Gasteiger partial charge in [-0.25, -0.2) is 0 Å². The molecule has 0 amide bonds. The smallest absolute Gasteiger partial charge is 0.157 e. The van der Waals surface area contributed by atoms with Crippen LogP contribution in [0.5, 0.6) is 5.75 Å². The van der Waals surface area contributed by atoms with Gasteiger partial charge < -0.3 is 10.1 Å². The quantitative estimate of drug-likeness (QED) is 0.898. The van der Waals surface area contributed by atoms with Crippen molar-refractivity contribution in [2.75, 3.05) is 5.32 Å². The van der Waals surface area contributed by atoms with Gasteiger partial charge in [0, 0.05) is 0 Å². The molecule has 1 aromatic rings. The summed E-state index contributed by atoms with van der Waals surface area (Å²) in [4.78, 5) is 0. The van der Waals surface area contributed by atoms with Crippen LogP contribution in [0, 0.1) is 0 Å². The van der Waals surface area contributed by atoms with E-state index in [1.807, 2.05) is 12.1 Å². The van der Waals surface area contributed by atoms with E-state index in [9.17, 15) is 0 Å². The van der Waals surface area contributed by atoms with Crippen LogP contribution < -0.4 is 10.1 Å². The number of fused-ring (bicyclic) bond motifs is 1. The highest BCUT2D eigenvalue weighted by Crippen LogP contribution is 2.39. The molecule has 16 heavy (non-hydrogen) atoms. The van der Waals surface area contributed by atoms with Crippen molar-refractivity contribution in [3.8, 4) is 5.75 Å². The minimum atomic E-state index is 0.293. The van der Waals surface area contributed by atoms with Gasteiger partial charge in [-0.15, -0.1) is 0 Å². The highest BCUT2D eigenvalue weighted by atomic mass is 79.9. The molecule has 0 radical (unpaired) electrons. The number of benzene rings is 1. The molecular formula is C13H18BrNO. The van der Waals surface area contributed by atoms with E-state index in [2.05, 4.69) is 41.2 Å². The number of rotatable bonds is 3. The maximum atomic E-state index is 6.10. The van der Waals surface area contributed by atoms with Crippen LogP contribution in [-0.4, -0.2) is 12.1 Å². The Morgan fingerprint density at radius 1 is 1.38 bits per heavy atom. The molecule has 0 saturated heterocycles. The minimum absolute atomic E-state index is 0.293. The van der Waals surface area contributed by atoms with E-state index in [0.717, 1.165) is 35.2 Å².